The Morgan fingerprint density at radius 1 is 1.38 bits per heavy atom. The number of para-hydroxylation sites is 1. The third-order valence-electron chi connectivity index (χ3n) is 2.30. The molecule has 0 bridgehead atoms. The fourth-order valence-electron chi connectivity index (χ4n) is 1.53. The van der Waals surface area contributed by atoms with Crippen molar-refractivity contribution in [3.05, 3.63) is 42.2 Å². The first-order chi connectivity index (χ1) is 7.83. The Kier molecular flexibility index (Phi) is 3.58. The molecular weight excluding hydrogens is 220 g/mol. The number of nitrogens with zero attached hydrogens (tertiary/aromatic N) is 3. The van der Waals surface area contributed by atoms with Gasteiger partial charge >= 0.3 is 0 Å². The molecule has 1 heterocycles. The van der Waals surface area contributed by atoms with Crippen LogP contribution in [0.5, 0.6) is 0 Å². The van der Waals surface area contributed by atoms with Crippen LogP contribution >= 0.6 is 11.8 Å². The van der Waals surface area contributed by atoms with E-state index in [1.807, 2.05) is 36.6 Å². The van der Waals surface area contributed by atoms with Gasteiger partial charge in [0.2, 0.25) is 0 Å². The van der Waals surface area contributed by atoms with Crippen molar-refractivity contribution in [2.24, 2.45) is 5.73 Å². The highest BCUT2D eigenvalue weighted by atomic mass is 32.2. The van der Waals surface area contributed by atoms with Crippen LogP contribution in [0.25, 0.3) is 5.69 Å². The van der Waals surface area contributed by atoms with E-state index in [0.29, 0.717) is 0 Å². The zero-order chi connectivity index (χ0) is 11.4. The molecule has 1 unspecified atom stereocenters. The Hall–Kier alpha value is -1.33. The van der Waals surface area contributed by atoms with Crippen LogP contribution in [-0.2, 0) is 0 Å². The van der Waals surface area contributed by atoms with Crippen molar-refractivity contribution in [1.29, 1.82) is 0 Å². The lowest BCUT2D eigenvalue weighted by Crippen LogP contribution is -2.17. The van der Waals surface area contributed by atoms with E-state index in [0.717, 1.165) is 17.1 Å². The molecule has 2 aromatic rings. The van der Waals surface area contributed by atoms with Crippen molar-refractivity contribution in [3.63, 3.8) is 0 Å². The highest BCUT2D eigenvalue weighted by molar-refractivity contribution is 7.98. The largest absolute Gasteiger partial charge is 0.322 e. The first-order valence-corrected chi connectivity index (χ1v) is 6.43. The minimum absolute atomic E-state index is 0.0368. The summed E-state index contributed by atoms with van der Waals surface area (Å²) >= 11 is 1.72. The Morgan fingerprint density at radius 3 is 2.81 bits per heavy atom. The molecule has 84 valence electrons. The van der Waals surface area contributed by atoms with Crippen molar-refractivity contribution in [3.8, 4) is 5.69 Å². The van der Waals surface area contributed by atoms with Crippen LogP contribution in [0.3, 0.4) is 0 Å². The van der Waals surface area contributed by atoms with E-state index in [1.165, 1.54) is 0 Å². The van der Waals surface area contributed by atoms with Gasteiger partial charge < -0.3 is 5.73 Å². The number of hydrogen-bond donors (Lipinski definition) is 1. The third-order valence-corrected chi connectivity index (χ3v) is 2.99. The summed E-state index contributed by atoms with van der Waals surface area (Å²) in [6, 6.07) is 9.86. The fraction of sp³-hybridized carbons (Fsp3) is 0.273. The predicted molar refractivity (Wildman–Crippen MR) is 66.7 cm³/mol. The zero-order valence-corrected chi connectivity index (χ0v) is 9.89. The molecule has 1 atom stereocenters. The Labute approximate surface area is 98.8 Å². The first-order valence-electron chi connectivity index (χ1n) is 5.03. The van der Waals surface area contributed by atoms with Gasteiger partial charge in [0, 0.05) is 5.75 Å². The SMILES string of the molecule is CSCC(N)c1cnnn1-c1ccccc1. The molecule has 0 amide bonds. The molecule has 2 rings (SSSR count). The van der Waals surface area contributed by atoms with Crippen LogP contribution in [0.2, 0.25) is 0 Å². The number of thioether (sulfide) groups is 1. The summed E-state index contributed by atoms with van der Waals surface area (Å²) in [4.78, 5) is 0. The molecule has 1 aromatic heterocycles. The highest BCUT2D eigenvalue weighted by Crippen LogP contribution is 2.16. The number of aromatic nitrogens is 3. The fourth-order valence-corrected chi connectivity index (χ4v) is 2.06. The van der Waals surface area contributed by atoms with Crippen LogP contribution in [0.4, 0.5) is 0 Å². The number of hydrogen-bond acceptors (Lipinski definition) is 4. The minimum Gasteiger partial charge on any atom is -0.322 e. The van der Waals surface area contributed by atoms with Gasteiger partial charge in [-0.1, -0.05) is 23.4 Å². The minimum atomic E-state index is -0.0368. The summed E-state index contributed by atoms with van der Waals surface area (Å²) in [7, 11) is 0. The maximum Gasteiger partial charge on any atom is 0.0821 e. The molecule has 4 nitrogen and oxygen atoms in total. The van der Waals surface area contributed by atoms with Crippen LogP contribution in [0.1, 0.15) is 11.7 Å². The highest BCUT2D eigenvalue weighted by Gasteiger charge is 2.13. The molecule has 2 N–H and O–H groups in total. The summed E-state index contributed by atoms with van der Waals surface area (Å²) in [6.45, 7) is 0. The molecule has 0 saturated carbocycles. The van der Waals surface area contributed by atoms with Gasteiger partial charge in [0.25, 0.3) is 0 Å². The quantitative estimate of drug-likeness (QED) is 0.873. The van der Waals surface area contributed by atoms with Gasteiger partial charge in [-0.2, -0.15) is 11.8 Å². The van der Waals surface area contributed by atoms with E-state index in [-0.39, 0.29) is 6.04 Å². The number of nitrogens with two attached hydrogens (primary N) is 1. The van der Waals surface area contributed by atoms with Gasteiger partial charge in [-0.05, 0) is 18.4 Å². The Bertz CT molecular complexity index is 440. The van der Waals surface area contributed by atoms with E-state index in [9.17, 15) is 0 Å². The second-order valence-corrected chi connectivity index (χ2v) is 4.38. The smallest absolute Gasteiger partial charge is 0.0821 e. The lowest BCUT2D eigenvalue weighted by atomic mass is 10.2. The summed E-state index contributed by atoms with van der Waals surface area (Å²) in [5, 5.41) is 7.99. The topological polar surface area (TPSA) is 56.7 Å². The molecule has 0 aliphatic rings. The molecule has 0 aliphatic heterocycles. The lowest BCUT2D eigenvalue weighted by molar-refractivity contribution is 0.703. The molecule has 0 radical (unpaired) electrons. The number of benzene rings is 1. The van der Waals surface area contributed by atoms with Gasteiger partial charge in [0.05, 0.1) is 23.6 Å². The average molecular weight is 234 g/mol. The Balaban J connectivity index is 2.33. The summed E-state index contributed by atoms with van der Waals surface area (Å²) < 4.78 is 1.79. The predicted octanol–water partition coefficient (Wildman–Crippen LogP) is 1.63. The molecule has 5 heteroatoms. The standard InChI is InChI=1S/C11H14N4S/c1-16-8-10(12)11-7-13-14-15(11)9-5-3-2-4-6-9/h2-7,10H,8,12H2,1H3. The van der Waals surface area contributed by atoms with E-state index < -0.39 is 0 Å². The second-order valence-electron chi connectivity index (χ2n) is 3.47. The van der Waals surface area contributed by atoms with Crippen molar-refractivity contribution >= 4 is 11.8 Å². The van der Waals surface area contributed by atoms with Crippen LogP contribution < -0.4 is 5.73 Å². The molecule has 0 saturated heterocycles. The second kappa shape index (κ2) is 5.14. The van der Waals surface area contributed by atoms with Crippen molar-refractivity contribution in [2.45, 2.75) is 6.04 Å². The molecule has 0 fully saturated rings. The summed E-state index contributed by atoms with van der Waals surface area (Å²) in [5.41, 5.74) is 8.00. The molecule has 0 aliphatic carbocycles. The summed E-state index contributed by atoms with van der Waals surface area (Å²) in [5.74, 6) is 0.861. The van der Waals surface area contributed by atoms with Gasteiger partial charge in [0.1, 0.15) is 0 Å². The van der Waals surface area contributed by atoms with E-state index in [2.05, 4.69) is 10.3 Å². The third kappa shape index (κ3) is 2.25. The molecular formula is C11H14N4S. The Morgan fingerprint density at radius 2 is 2.12 bits per heavy atom. The van der Waals surface area contributed by atoms with Crippen molar-refractivity contribution in [2.75, 3.05) is 12.0 Å². The van der Waals surface area contributed by atoms with Gasteiger partial charge in [0.15, 0.2) is 0 Å². The lowest BCUT2D eigenvalue weighted by Gasteiger charge is -2.11. The van der Waals surface area contributed by atoms with Gasteiger partial charge in [-0.3, -0.25) is 0 Å². The summed E-state index contributed by atoms with van der Waals surface area (Å²) in [6.07, 6.45) is 3.77. The molecule has 0 spiro atoms. The average Bonchev–Trinajstić information content (AvgIpc) is 2.79. The van der Waals surface area contributed by atoms with Crippen molar-refractivity contribution in [1.82, 2.24) is 15.0 Å². The first kappa shape index (κ1) is 11.2. The van der Waals surface area contributed by atoms with E-state index in [1.54, 1.807) is 22.6 Å². The maximum absolute atomic E-state index is 6.07. The van der Waals surface area contributed by atoms with Crippen LogP contribution in [0, 0.1) is 0 Å². The monoisotopic (exact) mass is 234 g/mol. The zero-order valence-electron chi connectivity index (χ0n) is 9.08. The maximum atomic E-state index is 6.07. The molecule has 1 aromatic carbocycles. The molecule has 16 heavy (non-hydrogen) atoms. The van der Waals surface area contributed by atoms with Gasteiger partial charge in [-0.15, -0.1) is 5.10 Å². The van der Waals surface area contributed by atoms with Crippen molar-refractivity contribution < 1.29 is 0 Å². The number of rotatable bonds is 4. The van der Waals surface area contributed by atoms with E-state index >= 15 is 0 Å². The van der Waals surface area contributed by atoms with Crippen LogP contribution in [0.15, 0.2) is 36.5 Å². The normalized spacial score (nSPS) is 12.6. The van der Waals surface area contributed by atoms with E-state index in [4.69, 9.17) is 5.73 Å². The van der Waals surface area contributed by atoms with Crippen LogP contribution in [-0.4, -0.2) is 27.0 Å². The van der Waals surface area contributed by atoms with Gasteiger partial charge in [-0.25, -0.2) is 4.68 Å².